The molecule has 7 unspecified atom stereocenters. The standard InChI is InChI=1S/C58H96O26/c1-22-5-10-58(76-20-22)15-25-13-28-26-14-30(63)29-11-24(6-8-56(29,3)27(26)7-9-57(28,4)37(25)23(58)2)12-31-38(64)45(71)49(35(19-62)77-31)82-55-51(84-54-48(74)44(70)40(66)33(17-60)79-54)50(42(68)34(18-61)80-55)83-52-46(72)41(67)36(21-75-52)81-53-47(73)43(69)39(65)32(16-59)78-53/h22-55,59-74H,5-21H2,1-4H3/t22?,23?,24-,25+,26?,27?,28?,29?,30+,31-,32+,33+,34+,35+,36+,37?,38-,39+,40+,41-,42+,43-,44-,45+,46+,47+,48+,49-,50-,51+,52-,53-,54-,55-,56+,57-,58+/m0/s1. The Labute approximate surface area is 488 Å². The van der Waals surface area contributed by atoms with Crippen LogP contribution in [0.25, 0.3) is 0 Å². The Kier molecular flexibility index (Phi) is 19.4. The average molecular weight is 1210 g/mol. The first kappa shape index (κ1) is 64.5. The third kappa shape index (κ3) is 11.2. The summed E-state index contributed by atoms with van der Waals surface area (Å²) in [6.45, 7) is 6.51. The van der Waals surface area contributed by atoms with Crippen molar-refractivity contribution >= 4 is 0 Å². The zero-order valence-electron chi connectivity index (χ0n) is 48.4. The average Bonchev–Trinajstić information content (AvgIpc) is 1.55. The molecule has 0 amide bonds. The van der Waals surface area contributed by atoms with Gasteiger partial charge in [0.1, 0.15) is 116 Å². The fourth-order valence-corrected chi connectivity index (χ4v) is 18.7. The van der Waals surface area contributed by atoms with Crippen molar-refractivity contribution < 1.29 is 129 Å². The molecule has 6 aliphatic heterocycles. The second-order valence-electron chi connectivity index (χ2n) is 27.9. The summed E-state index contributed by atoms with van der Waals surface area (Å²) in [4.78, 5) is 0. The Hall–Kier alpha value is -1.04. The summed E-state index contributed by atoms with van der Waals surface area (Å²) in [6.07, 6.45) is -32.5. The first-order chi connectivity index (χ1) is 39.9. The topological polar surface area (TPSA) is 416 Å². The molecule has 6 saturated heterocycles. The zero-order valence-corrected chi connectivity index (χ0v) is 48.4. The van der Waals surface area contributed by atoms with Crippen LogP contribution in [0.3, 0.4) is 0 Å². The molecular weight excluding hydrogens is 1110 g/mol. The highest BCUT2D eigenvalue weighted by molar-refractivity contribution is 5.18. The van der Waals surface area contributed by atoms with Gasteiger partial charge in [-0.3, -0.25) is 0 Å². The molecular formula is C58H96O26. The van der Waals surface area contributed by atoms with Gasteiger partial charge in [-0.25, -0.2) is 0 Å². The number of hydrogen-bond acceptors (Lipinski definition) is 26. The maximum Gasteiger partial charge on any atom is 0.187 e. The van der Waals surface area contributed by atoms with E-state index in [9.17, 15) is 81.7 Å². The summed E-state index contributed by atoms with van der Waals surface area (Å²) < 4.78 is 60.2. The molecule has 11 rings (SSSR count). The van der Waals surface area contributed by atoms with E-state index in [1.807, 2.05) is 0 Å². The Balaban J connectivity index is 0.769. The van der Waals surface area contributed by atoms with Crippen LogP contribution in [0.5, 0.6) is 0 Å². The number of fused-ring (bicyclic) bond motifs is 7. The van der Waals surface area contributed by atoms with E-state index in [-0.39, 0.29) is 34.7 Å². The van der Waals surface area contributed by atoms with E-state index in [2.05, 4.69) is 27.7 Å². The molecule has 11 fully saturated rings. The van der Waals surface area contributed by atoms with Crippen molar-refractivity contribution in [3.63, 3.8) is 0 Å². The van der Waals surface area contributed by atoms with E-state index < -0.39 is 186 Å². The fourth-order valence-electron chi connectivity index (χ4n) is 18.7. The van der Waals surface area contributed by atoms with Crippen LogP contribution in [-0.2, 0) is 47.4 Å². The number of aliphatic hydroxyl groups excluding tert-OH is 16. The smallest absolute Gasteiger partial charge is 0.187 e. The normalized spacial score (nSPS) is 57.7. The van der Waals surface area contributed by atoms with E-state index in [4.69, 9.17) is 47.4 Å². The second-order valence-corrected chi connectivity index (χ2v) is 27.9. The minimum atomic E-state index is -2.08. The van der Waals surface area contributed by atoms with Crippen molar-refractivity contribution in [1.29, 1.82) is 0 Å². The van der Waals surface area contributed by atoms with Gasteiger partial charge in [-0.15, -0.1) is 0 Å². The van der Waals surface area contributed by atoms with Gasteiger partial charge in [-0.2, -0.15) is 0 Å². The van der Waals surface area contributed by atoms with Crippen LogP contribution in [0, 0.1) is 64.1 Å². The lowest BCUT2D eigenvalue weighted by molar-refractivity contribution is -0.401. The molecule has 0 bridgehead atoms. The van der Waals surface area contributed by atoms with Gasteiger partial charge >= 0.3 is 0 Å². The number of hydrogen-bond donors (Lipinski definition) is 16. The lowest BCUT2D eigenvalue weighted by atomic mass is 9.43. The monoisotopic (exact) mass is 1210 g/mol. The summed E-state index contributed by atoms with van der Waals surface area (Å²) >= 11 is 0. The van der Waals surface area contributed by atoms with Gasteiger partial charge in [0.2, 0.25) is 0 Å². The van der Waals surface area contributed by atoms with Gasteiger partial charge in [0.15, 0.2) is 25.2 Å². The summed E-state index contributed by atoms with van der Waals surface area (Å²) in [6, 6.07) is 0. The van der Waals surface area contributed by atoms with Gasteiger partial charge in [-0.05, 0) is 135 Å². The van der Waals surface area contributed by atoms with Crippen LogP contribution in [0.4, 0.5) is 0 Å². The van der Waals surface area contributed by atoms with Crippen molar-refractivity contribution in [2.45, 2.75) is 257 Å². The third-order valence-corrected chi connectivity index (χ3v) is 23.4. The molecule has 26 heteroatoms. The molecule has 5 saturated carbocycles. The predicted octanol–water partition coefficient (Wildman–Crippen LogP) is -4.15. The minimum absolute atomic E-state index is 0.00157. The number of rotatable bonds is 14. The van der Waals surface area contributed by atoms with Gasteiger partial charge < -0.3 is 129 Å². The largest absolute Gasteiger partial charge is 0.394 e. The predicted molar refractivity (Wildman–Crippen MR) is 283 cm³/mol. The SMILES string of the molecule is CC1CC[C@]2(C[C@H]3CC4C5C[C@@H](O)C6C[C@@H](C[C@@H]7O[C@H](CO)[C@H](O[C@@H]8O[C@H](CO)[C@@H](O)[C@H](O[C@@H]9OC[C@@H](O[C@@H]%10O[C@H](CO)[C@@H](O)[C@H](O)[C@H]%10O)[C@H](O)[C@H]9O)[C@H]8O[C@@H]8O[C@H](CO)[C@@H](O)[C@H](O)[C@H]8O)[C@H](O)[C@H]7O)CC[C@]6(C)C5CC[C@]4(C)C3C2C)OC1. The number of ether oxygens (including phenoxy) is 10. The van der Waals surface area contributed by atoms with E-state index in [0.717, 1.165) is 45.1 Å². The third-order valence-electron chi connectivity index (χ3n) is 23.4. The zero-order chi connectivity index (χ0) is 60.2. The molecule has 0 aromatic rings. The Bertz CT molecular complexity index is 2180. The van der Waals surface area contributed by atoms with Crippen molar-refractivity contribution in [3.8, 4) is 0 Å². The molecule has 484 valence electrons. The highest BCUT2D eigenvalue weighted by atomic mass is 16.8. The van der Waals surface area contributed by atoms with Crippen LogP contribution in [0.1, 0.15) is 98.3 Å². The number of aliphatic hydroxyl groups is 16. The molecule has 16 N–H and O–H groups in total. The summed E-state index contributed by atoms with van der Waals surface area (Å²) in [5.41, 5.74) is 0.0886. The highest BCUT2D eigenvalue weighted by Gasteiger charge is 2.69. The maximum atomic E-state index is 12.3. The second kappa shape index (κ2) is 25.2. The van der Waals surface area contributed by atoms with Gasteiger partial charge in [0, 0.05) is 6.61 Å². The molecule has 1 spiro atoms. The van der Waals surface area contributed by atoms with Gasteiger partial charge in [0.05, 0.1) is 50.8 Å². The minimum Gasteiger partial charge on any atom is -0.394 e. The fraction of sp³-hybridized carbons (Fsp3) is 1.00. The maximum absolute atomic E-state index is 12.3. The summed E-state index contributed by atoms with van der Waals surface area (Å²) in [7, 11) is 0. The molecule has 0 aromatic carbocycles. The molecule has 0 radical (unpaired) electrons. The Morgan fingerprint density at radius 2 is 1.02 bits per heavy atom. The molecule has 37 atom stereocenters. The van der Waals surface area contributed by atoms with Crippen molar-refractivity contribution in [1.82, 2.24) is 0 Å². The van der Waals surface area contributed by atoms with Crippen LogP contribution in [-0.4, -0.2) is 280 Å². The van der Waals surface area contributed by atoms with Crippen LogP contribution in [0.2, 0.25) is 0 Å². The van der Waals surface area contributed by atoms with Crippen molar-refractivity contribution in [3.05, 3.63) is 0 Å². The highest BCUT2D eigenvalue weighted by Crippen LogP contribution is 2.73. The van der Waals surface area contributed by atoms with Gasteiger partial charge in [0.25, 0.3) is 0 Å². The van der Waals surface area contributed by atoms with E-state index in [0.29, 0.717) is 47.8 Å². The van der Waals surface area contributed by atoms with Crippen LogP contribution >= 0.6 is 0 Å². The lowest BCUT2D eigenvalue weighted by Crippen LogP contribution is -2.68. The summed E-state index contributed by atoms with van der Waals surface area (Å²) in [5, 5.41) is 176. The summed E-state index contributed by atoms with van der Waals surface area (Å²) in [5.74, 6) is 3.76. The molecule has 5 aliphatic carbocycles. The molecule has 26 nitrogen and oxygen atoms in total. The van der Waals surface area contributed by atoms with E-state index in [1.54, 1.807) is 0 Å². The quantitative estimate of drug-likeness (QED) is 0.0785. The molecule has 11 aliphatic rings. The first-order valence-corrected chi connectivity index (χ1v) is 31.0. The van der Waals surface area contributed by atoms with Crippen molar-refractivity contribution in [2.75, 3.05) is 39.6 Å². The van der Waals surface area contributed by atoms with Crippen molar-refractivity contribution in [2.24, 2.45) is 64.1 Å². The first-order valence-electron chi connectivity index (χ1n) is 31.0. The molecule has 84 heavy (non-hydrogen) atoms. The molecule has 0 aromatic heterocycles. The van der Waals surface area contributed by atoms with Crippen LogP contribution in [0.15, 0.2) is 0 Å². The Morgan fingerprint density at radius 1 is 0.452 bits per heavy atom. The van der Waals surface area contributed by atoms with Crippen LogP contribution < -0.4 is 0 Å². The Morgan fingerprint density at radius 3 is 1.65 bits per heavy atom. The lowest BCUT2D eigenvalue weighted by Gasteiger charge is -2.63. The van der Waals surface area contributed by atoms with Gasteiger partial charge in [-0.1, -0.05) is 27.7 Å². The molecule has 6 heterocycles. The van der Waals surface area contributed by atoms with E-state index in [1.165, 1.54) is 19.3 Å². The van der Waals surface area contributed by atoms with E-state index >= 15 is 0 Å².